The molecule has 5 nitrogen and oxygen atoms in total. The lowest BCUT2D eigenvalue weighted by molar-refractivity contribution is 0.0945. The van der Waals surface area contributed by atoms with Crippen LogP contribution >= 0.6 is 0 Å². The van der Waals surface area contributed by atoms with E-state index in [4.69, 9.17) is 0 Å². The second kappa shape index (κ2) is 5.75. The zero-order valence-electron chi connectivity index (χ0n) is 13.1. The van der Waals surface area contributed by atoms with E-state index < -0.39 is 0 Å². The summed E-state index contributed by atoms with van der Waals surface area (Å²) >= 11 is 0. The molecule has 2 aromatic rings. The van der Waals surface area contributed by atoms with Gasteiger partial charge in [-0.3, -0.25) is 4.79 Å². The molecule has 5 heteroatoms. The lowest BCUT2D eigenvalue weighted by atomic mass is 10.1. The molecule has 1 saturated carbocycles. The highest BCUT2D eigenvalue weighted by molar-refractivity contribution is 5.92. The second-order valence-electron chi connectivity index (χ2n) is 5.93. The Bertz CT molecular complexity index is 682. The van der Waals surface area contributed by atoms with Crippen LogP contribution in [0.5, 0.6) is 0 Å². The molecule has 1 heterocycles. The van der Waals surface area contributed by atoms with Gasteiger partial charge < -0.3 is 10.6 Å². The van der Waals surface area contributed by atoms with Crippen LogP contribution in [0.15, 0.2) is 24.5 Å². The summed E-state index contributed by atoms with van der Waals surface area (Å²) in [7, 11) is 0. The minimum Gasteiger partial charge on any atom is -0.348 e. The third kappa shape index (κ3) is 3.24. The molecule has 1 aliphatic rings. The summed E-state index contributed by atoms with van der Waals surface area (Å²) < 4.78 is 0. The number of aryl methyl sites for hydroxylation is 3. The molecule has 2 N–H and O–H groups in total. The third-order valence-electron chi connectivity index (χ3n) is 3.73. The predicted molar refractivity (Wildman–Crippen MR) is 86.5 cm³/mol. The molecule has 0 atom stereocenters. The van der Waals surface area contributed by atoms with Crippen LogP contribution in [0.3, 0.4) is 0 Å². The van der Waals surface area contributed by atoms with Crippen LogP contribution in [0.25, 0.3) is 0 Å². The summed E-state index contributed by atoms with van der Waals surface area (Å²) in [6.07, 6.45) is 5.23. The Balaban J connectivity index is 1.74. The van der Waals surface area contributed by atoms with Crippen molar-refractivity contribution in [1.29, 1.82) is 0 Å². The molecular weight excluding hydrogens is 276 g/mol. The molecule has 0 unspecified atom stereocenters. The molecule has 1 amide bonds. The quantitative estimate of drug-likeness (QED) is 0.910. The molecule has 22 heavy (non-hydrogen) atoms. The predicted octanol–water partition coefficient (Wildman–Crippen LogP) is 3.04. The highest BCUT2D eigenvalue weighted by Gasteiger charge is 2.24. The molecule has 114 valence electrons. The molecule has 0 saturated heterocycles. The molecule has 0 radical (unpaired) electrons. The van der Waals surface area contributed by atoms with Crippen LogP contribution in [0.2, 0.25) is 0 Å². The SMILES string of the molecule is Cc1cc(C)c(Nc2cnc(C(=O)NC3CC3)cn2)c(C)c1. The van der Waals surface area contributed by atoms with Crippen molar-refractivity contribution in [3.05, 3.63) is 46.9 Å². The first-order chi connectivity index (χ1) is 10.5. The number of hydrogen-bond acceptors (Lipinski definition) is 4. The maximum Gasteiger partial charge on any atom is 0.271 e. The number of carbonyl (C=O) groups is 1. The van der Waals surface area contributed by atoms with Crippen LogP contribution in [0, 0.1) is 20.8 Å². The lowest BCUT2D eigenvalue weighted by Crippen LogP contribution is -2.26. The highest BCUT2D eigenvalue weighted by atomic mass is 16.2. The number of nitrogens with zero attached hydrogens (tertiary/aromatic N) is 2. The van der Waals surface area contributed by atoms with Gasteiger partial charge in [0.1, 0.15) is 11.5 Å². The monoisotopic (exact) mass is 296 g/mol. The summed E-state index contributed by atoms with van der Waals surface area (Å²) in [5.74, 6) is 0.488. The zero-order chi connectivity index (χ0) is 15.7. The molecule has 0 aliphatic heterocycles. The summed E-state index contributed by atoms with van der Waals surface area (Å²) in [4.78, 5) is 20.4. The Hall–Kier alpha value is -2.43. The number of rotatable bonds is 4. The van der Waals surface area contributed by atoms with Crippen molar-refractivity contribution in [2.45, 2.75) is 39.7 Å². The van der Waals surface area contributed by atoms with Crippen molar-refractivity contribution >= 4 is 17.4 Å². The topological polar surface area (TPSA) is 66.9 Å². The maximum absolute atomic E-state index is 11.9. The van der Waals surface area contributed by atoms with Gasteiger partial charge >= 0.3 is 0 Å². The van der Waals surface area contributed by atoms with Gasteiger partial charge in [-0.05, 0) is 44.7 Å². The van der Waals surface area contributed by atoms with Gasteiger partial charge in [0.15, 0.2) is 0 Å². The van der Waals surface area contributed by atoms with E-state index in [9.17, 15) is 4.79 Å². The fraction of sp³-hybridized carbons (Fsp3) is 0.353. The average molecular weight is 296 g/mol. The van der Waals surface area contributed by atoms with Crippen LogP contribution in [-0.2, 0) is 0 Å². The second-order valence-corrected chi connectivity index (χ2v) is 5.93. The van der Waals surface area contributed by atoms with Gasteiger partial charge in [-0.1, -0.05) is 17.7 Å². The van der Waals surface area contributed by atoms with Crippen molar-refractivity contribution in [1.82, 2.24) is 15.3 Å². The zero-order valence-corrected chi connectivity index (χ0v) is 13.1. The van der Waals surface area contributed by atoms with E-state index in [0.717, 1.165) is 29.7 Å². The van der Waals surface area contributed by atoms with Crippen LogP contribution in [-0.4, -0.2) is 21.9 Å². The highest BCUT2D eigenvalue weighted by Crippen LogP contribution is 2.24. The molecule has 0 spiro atoms. The average Bonchev–Trinajstić information content (AvgIpc) is 3.27. The molecule has 3 rings (SSSR count). The van der Waals surface area contributed by atoms with Gasteiger partial charge in [-0.2, -0.15) is 0 Å². The summed E-state index contributed by atoms with van der Waals surface area (Å²) in [5.41, 5.74) is 4.95. The number of carbonyl (C=O) groups excluding carboxylic acids is 1. The van der Waals surface area contributed by atoms with Crippen molar-refractivity contribution in [2.24, 2.45) is 0 Å². The van der Waals surface area contributed by atoms with E-state index >= 15 is 0 Å². The Labute approximate surface area is 130 Å². The molecule has 1 fully saturated rings. The van der Waals surface area contributed by atoms with Crippen LogP contribution in [0.1, 0.15) is 40.0 Å². The van der Waals surface area contributed by atoms with Crippen LogP contribution in [0.4, 0.5) is 11.5 Å². The molecule has 1 aromatic carbocycles. The Morgan fingerprint density at radius 3 is 2.32 bits per heavy atom. The number of aromatic nitrogens is 2. The van der Waals surface area contributed by atoms with Gasteiger partial charge in [0.05, 0.1) is 12.4 Å². The maximum atomic E-state index is 11.9. The standard InChI is InChI=1S/C17H20N4O/c1-10-6-11(2)16(12(3)7-10)21-15-9-18-14(8-19-15)17(22)20-13-4-5-13/h6-9,13H,4-5H2,1-3H3,(H,19,21)(H,20,22). The van der Waals surface area contributed by atoms with Crippen molar-refractivity contribution < 1.29 is 4.79 Å². The van der Waals surface area contributed by atoms with Gasteiger partial charge in [0.2, 0.25) is 0 Å². The van der Waals surface area contributed by atoms with Crippen LogP contribution < -0.4 is 10.6 Å². The first-order valence-electron chi connectivity index (χ1n) is 7.50. The third-order valence-corrected chi connectivity index (χ3v) is 3.73. The summed E-state index contributed by atoms with van der Waals surface area (Å²) in [6.45, 7) is 6.21. The van der Waals surface area contributed by atoms with Gasteiger partial charge in [-0.15, -0.1) is 0 Å². The van der Waals surface area contributed by atoms with E-state index in [2.05, 4.69) is 53.5 Å². The minimum atomic E-state index is -0.149. The van der Waals surface area contributed by atoms with Crippen molar-refractivity contribution in [3.63, 3.8) is 0 Å². The van der Waals surface area contributed by atoms with Gasteiger partial charge in [-0.25, -0.2) is 9.97 Å². The normalized spacial score (nSPS) is 13.8. The molecule has 1 aliphatic carbocycles. The van der Waals surface area contributed by atoms with E-state index in [-0.39, 0.29) is 5.91 Å². The van der Waals surface area contributed by atoms with E-state index in [1.807, 2.05) is 0 Å². The fourth-order valence-corrected chi connectivity index (χ4v) is 2.50. The van der Waals surface area contributed by atoms with Crippen molar-refractivity contribution in [3.8, 4) is 0 Å². The number of amides is 1. The largest absolute Gasteiger partial charge is 0.348 e. The van der Waals surface area contributed by atoms with Gasteiger partial charge in [0.25, 0.3) is 5.91 Å². The van der Waals surface area contributed by atoms with Gasteiger partial charge in [0, 0.05) is 11.7 Å². The number of hydrogen-bond donors (Lipinski definition) is 2. The minimum absolute atomic E-state index is 0.149. The Morgan fingerprint density at radius 1 is 1.09 bits per heavy atom. The number of benzene rings is 1. The molecular formula is C17H20N4O. The molecule has 0 bridgehead atoms. The number of nitrogens with one attached hydrogen (secondary N) is 2. The van der Waals surface area contributed by atoms with E-state index in [1.165, 1.54) is 11.8 Å². The van der Waals surface area contributed by atoms with E-state index in [1.54, 1.807) is 6.20 Å². The lowest BCUT2D eigenvalue weighted by Gasteiger charge is -2.13. The Kier molecular flexibility index (Phi) is 3.79. The summed E-state index contributed by atoms with van der Waals surface area (Å²) in [6, 6.07) is 4.57. The smallest absolute Gasteiger partial charge is 0.271 e. The Morgan fingerprint density at radius 2 is 1.77 bits per heavy atom. The number of anilines is 2. The fourth-order valence-electron chi connectivity index (χ4n) is 2.50. The first kappa shape index (κ1) is 14.5. The summed E-state index contributed by atoms with van der Waals surface area (Å²) in [5, 5.41) is 6.18. The van der Waals surface area contributed by atoms with E-state index in [0.29, 0.717) is 17.6 Å². The first-order valence-corrected chi connectivity index (χ1v) is 7.50. The van der Waals surface area contributed by atoms with Crippen molar-refractivity contribution in [2.75, 3.05) is 5.32 Å². The molecule has 1 aromatic heterocycles.